The predicted octanol–water partition coefficient (Wildman–Crippen LogP) is 1.95. The molecule has 0 aromatic rings. The van der Waals surface area contributed by atoms with E-state index in [9.17, 15) is 29.7 Å². The fourth-order valence-corrected chi connectivity index (χ4v) is 2.86. The fourth-order valence-electron chi connectivity index (χ4n) is 2.86. The third-order valence-corrected chi connectivity index (χ3v) is 4.09. The van der Waals surface area contributed by atoms with E-state index in [0.29, 0.717) is 19.3 Å². The number of hydrogen-bond donors (Lipinski definition) is 3. The van der Waals surface area contributed by atoms with Crippen molar-refractivity contribution < 1.29 is 49.0 Å². The summed E-state index contributed by atoms with van der Waals surface area (Å²) in [7, 11) is 0. The fraction of sp³-hybridized carbons (Fsp3) is 0.833. The molecule has 3 atom stereocenters. The lowest BCUT2D eigenvalue weighted by Gasteiger charge is -2.47. The van der Waals surface area contributed by atoms with Gasteiger partial charge in [0.2, 0.25) is 11.7 Å². The Morgan fingerprint density at radius 2 is 1.32 bits per heavy atom. The average Bonchev–Trinajstić information content (AvgIpc) is 2.60. The molecule has 0 aromatic carbocycles. The van der Waals surface area contributed by atoms with Gasteiger partial charge in [0, 0.05) is 13.2 Å². The van der Waals surface area contributed by atoms with Crippen LogP contribution in [0.2, 0.25) is 0 Å². The summed E-state index contributed by atoms with van der Waals surface area (Å²) < 4.78 is 10.8. The maximum atomic E-state index is 12.5. The van der Waals surface area contributed by atoms with Crippen LogP contribution >= 0.6 is 0 Å². The highest BCUT2D eigenvalue weighted by molar-refractivity contribution is 5.96. The molecule has 0 spiro atoms. The molecule has 10 nitrogen and oxygen atoms in total. The minimum Gasteiger partial charge on any atom is -0.479 e. The van der Waals surface area contributed by atoms with Crippen LogP contribution in [-0.4, -0.2) is 70.4 Å². The van der Waals surface area contributed by atoms with Crippen LogP contribution in [0.1, 0.15) is 53.9 Å². The summed E-state index contributed by atoms with van der Waals surface area (Å²) in [5.41, 5.74) is -5.60. The second-order valence-electron chi connectivity index (χ2n) is 6.58. The van der Waals surface area contributed by atoms with Crippen LogP contribution in [0.25, 0.3) is 0 Å². The maximum Gasteiger partial charge on any atom is 0.346 e. The molecular weight excluding hydrogens is 376 g/mol. The third kappa shape index (κ3) is 5.19. The van der Waals surface area contributed by atoms with Gasteiger partial charge in [-0.25, -0.2) is 24.2 Å². The van der Waals surface area contributed by atoms with Crippen molar-refractivity contribution >= 4 is 17.9 Å². The summed E-state index contributed by atoms with van der Waals surface area (Å²) in [6.07, 6.45) is -1.05. The topological polar surface area (TPSA) is 149 Å². The number of ether oxygens (including phenoxy) is 2. The molecule has 0 aromatic heterocycles. The van der Waals surface area contributed by atoms with Crippen molar-refractivity contribution in [1.82, 2.24) is 0 Å². The van der Waals surface area contributed by atoms with Gasteiger partial charge in [-0.3, -0.25) is 0 Å². The zero-order valence-corrected chi connectivity index (χ0v) is 17.1. The second kappa shape index (κ2) is 11.9. The zero-order valence-electron chi connectivity index (χ0n) is 17.1. The molecule has 0 saturated heterocycles. The Bertz CT molecular complexity index is 520. The SMILES string of the molecule is CCCOOC(C(=O)O)(C(OCCC)C(=O)O)C(OCCC)(C(=O)O)C(C)C. The minimum absolute atomic E-state index is 0.0866. The molecule has 164 valence electrons. The molecule has 0 saturated carbocycles. The molecule has 0 radical (unpaired) electrons. The monoisotopic (exact) mass is 408 g/mol. The molecule has 0 aliphatic rings. The lowest BCUT2D eigenvalue weighted by atomic mass is 9.71. The van der Waals surface area contributed by atoms with E-state index in [0.717, 1.165) is 0 Å². The van der Waals surface area contributed by atoms with Gasteiger partial charge in [-0.1, -0.05) is 34.6 Å². The van der Waals surface area contributed by atoms with Gasteiger partial charge in [0.05, 0.1) is 6.61 Å². The largest absolute Gasteiger partial charge is 0.479 e. The van der Waals surface area contributed by atoms with Crippen molar-refractivity contribution in [2.45, 2.75) is 71.2 Å². The Morgan fingerprint density at radius 3 is 1.68 bits per heavy atom. The highest BCUT2D eigenvalue weighted by Crippen LogP contribution is 2.42. The van der Waals surface area contributed by atoms with Crippen molar-refractivity contribution in [2.24, 2.45) is 5.92 Å². The Hall–Kier alpha value is -1.75. The first kappa shape index (κ1) is 26.2. The van der Waals surface area contributed by atoms with E-state index >= 15 is 0 Å². The van der Waals surface area contributed by atoms with Crippen molar-refractivity contribution in [2.75, 3.05) is 19.8 Å². The summed E-state index contributed by atoms with van der Waals surface area (Å²) in [6, 6.07) is 0. The van der Waals surface area contributed by atoms with Crippen molar-refractivity contribution in [3.05, 3.63) is 0 Å². The van der Waals surface area contributed by atoms with Gasteiger partial charge >= 0.3 is 17.9 Å². The number of carboxylic acid groups (broad SMARTS) is 3. The van der Waals surface area contributed by atoms with Crippen LogP contribution in [0, 0.1) is 5.92 Å². The van der Waals surface area contributed by atoms with Crippen molar-refractivity contribution in [1.29, 1.82) is 0 Å². The summed E-state index contributed by atoms with van der Waals surface area (Å²) in [6.45, 7) is 7.56. The van der Waals surface area contributed by atoms with Gasteiger partial charge in [-0.2, -0.15) is 0 Å². The van der Waals surface area contributed by atoms with Gasteiger partial charge in [0.25, 0.3) is 5.60 Å². The molecular formula is C18H32O10. The molecule has 0 rings (SSSR count). The molecule has 0 aliphatic heterocycles. The van der Waals surface area contributed by atoms with Crippen LogP contribution in [0.15, 0.2) is 0 Å². The second-order valence-corrected chi connectivity index (χ2v) is 6.58. The average molecular weight is 408 g/mol. The standard InChI is InChI=1S/C18H32O10/c1-6-9-25-13(14(19)20)18(16(23)24,28-27-11-8-3)17(12(4)5,15(21)22)26-10-7-2/h12-13H,6-11H2,1-5H3,(H,19,20)(H,21,22)(H,23,24). The van der Waals surface area contributed by atoms with E-state index in [1.807, 2.05) is 0 Å². The number of rotatable bonds is 16. The quantitative estimate of drug-likeness (QED) is 0.196. The molecule has 3 N–H and O–H groups in total. The van der Waals surface area contributed by atoms with E-state index in [1.165, 1.54) is 13.8 Å². The molecule has 10 heteroatoms. The number of carboxylic acids is 3. The van der Waals surface area contributed by atoms with E-state index in [-0.39, 0.29) is 19.8 Å². The Labute approximate surface area is 164 Å². The van der Waals surface area contributed by atoms with Gasteiger partial charge in [-0.15, -0.1) is 0 Å². The van der Waals surface area contributed by atoms with Crippen LogP contribution in [-0.2, 0) is 33.6 Å². The summed E-state index contributed by atoms with van der Waals surface area (Å²) in [5, 5.41) is 29.8. The normalized spacial score (nSPS) is 16.9. The number of aliphatic carboxylic acids is 3. The summed E-state index contributed by atoms with van der Waals surface area (Å²) in [5.74, 6) is -6.28. The molecule has 0 fully saturated rings. The number of carbonyl (C=O) groups is 3. The summed E-state index contributed by atoms with van der Waals surface area (Å²) in [4.78, 5) is 46.9. The van der Waals surface area contributed by atoms with Crippen LogP contribution in [0.3, 0.4) is 0 Å². The van der Waals surface area contributed by atoms with E-state index in [4.69, 9.17) is 19.2 Å². The predicted molar refractivity (Wildman–Crippen MR) is 96.8 cm³/mol. The van der Waals surface area contributed by atoms with Crippen LogP contribution in [0.5, 0.6) is 0 Å². The zero-order chi connectivity index (χ0) is 22.0. The summed E-state index contributed by atoms with van der Waals surface area (Å²) >= 11 is 0. The van der Waals surface area contributed by atoms with Crippen molar-refractivity contribution in [3.8, 4) is 0 Å². The smallest absolute Gasteiger partial charge is 0.346 e. The lowest BCUT2D eigenvalue weighted by Crippen LogP contribution is -2.75. The van der Waals surface area contributed by atoms with Gasteiger partial charge in [-0.05, 0) is 25.2 Å². The lowest BCUT2D eigenvalue weighted by molar-refractivity contribution is -0.404. The van der Waals surface area contributed by atoms with E-state index in [2.05, 4.69) is 0 Å². The van der Waals surface area contributed by atoms with Crippen LogP contribution < -0.4 is 0 Å². The van der Waals surface area contributed by atoms with Crippen molar-refractivity contribution in [3.63, 3.8) is 0 Å². The van der Waals surface area contributed by atoms with Gasteiger partial charge in [0.15, 0.2) is 0 Å². The first-order chi connectivity index (χ1) is 13.1. The number of hydrogen-bond acceptors (Lipinski definition) is 7. The van der Waals surface area contributed by atoms with Gasteiger partial charge in [0.1, 0.15) is 0 Å². The first-order valence-electron chi connectivity index (χ1n) is 9.35. The molecule has 28 heavy (non-hydrogen) atoms. The molecule has 0 heterocycles. The van der Waals surface area contributed by atoms with E-state index in [1.54, 1.807) is 20.8 Å². The minimum atomic E-state index is -3.00. The molecule has 0 bridgehead atoms. The Balaban J connectivity index is 6.87. The highest BCUT2D eigenvalue weighted by atomic mass is 17.2. The molecule has 3 unspecified atom stereocenters. The van der Waals surface area contributed by atoms with Crippen LogP contribution in [0.4, 0.5) is 0 Å². The Kier molecular flexibility index (Phi) is 11.2. The highest BCUT2D eigenvalue weighted by Gasteiger charge is 2.73. The third-order valence-electron chi connectivity index (χ3n) is 4.09. The first-order valence-corrected chi connectivity index (χ1v) is 9.35. The molecule has 0 amide bonds. The van der Waals surface area contributed by atoms with Gasteiger partial charge < -0.3 is 24.8 Å². The Morgan fingerprint density at radius 1 is 0.821 bits per heavy atom. The molecule has 0 aliphatic carbocycles. The van der Waals surface area contributed by atoms with E-state index < -0.39 is 41.1 Å². The maximum absolute atomic E-state index is 12.5.